The summed E-state index contributed by atoms with van der Waals surface area (Å²) < 4.78 is 28.0. The molecule has 0 bridgehead atoms. The zero-order valence-electron chi connectivity index (χ0n) is 15.8. The van der Waals surface area contributed by atoms with E-state index in [1.165, 1.54) is 12.1 Å². The first-order valence-electron chi connectivity index (χ1n) is 9.01. The van der Waals surface area contributed by atoms with Crippen LogP contribution >= 0.6 is 0 Å². The van der Waals surface area contributed by atoms with Crippen molar-refractivity contribution in [2.24, 2.45) is 16.0 Å². The van der Waals surface area contributed by atoms with E-state index in [0.29, 0.717) is 19.0 Å². The number of hydrogen-bond acceptors (Lipinski definition) is 4. The zero-order valence-corrected chi connectivity index (χ0v) is 16.6. The molecule has 1 aromatic carbocycles. The van der Waals surface area contributed by atoms with E-state index in [9.17, 15) is 8.42 Å². The Kier molecular flexibility index (Phi) is 7.87. The number of guanidine groups is 1. The lowest BCUT2D eigenvalue weighted by molar-refractivity contribution is 0.506. The minimum absolute atomic E-state index is 0.0992. The van der Waals surface area contributed by atoms with Gasteiger partial charge < -0.3 is 15.1 Å². The molecular formula is C19H28N4O3S. The average molecular weight is 393 g/mol. The van der Waals surface area contributed by atoms with Crippen LogP contribution in [0, 0.1) is 5.92 Å². The highest BCUT2D eigenvalue weighted by atomic mass is 32.2. The SMILES string of the molecule is CC(C)CCNC(=NCc1ccc(S(N)(=O)=O)cc1)NCCc1ccco1. The van der Waals surface area contributed by atoms with Crippen LogP contribution in [-0.2, 0) is 23.0 Å². The Bertz CT molecular complexity index is 813. The lowest BCUT2D eigenvalue weighted by atomic mass is 10.1. The second-order valence-electron chi connectivity index (χ2n) is 6.72. The van der Waals surface area contributed by atoms with E-state index in [4.69, 9.17) is 9.56 Å². The average Bonchev–Trinajstić information content (AvgIpc) is 3.12. The fourth-order valence-electron chi connectivity index (χ4n) is 2.37. The molecule has 148 valence electrons. The van der Waals surface area contributed by atoms with Gasteiger partial charge in [-0.05, 0) is 42.2 Å². The Balaban J connectivity index is 1.95. The summed E-state index contributed by atoms with van der Waals surface area (Å²) in [6, 6.07) is 10.2. The molecule has 0 aliphatic rings. The highest BCUT2D eigenvalue weighted by Crippen LogP contribution is 2.09. The molecule has 0 unspecified atom stereocenters. The quantitative estimate of drug-likeness (QED) is 0.448. The molecule has 27 heavy (non-hydrogen) atoms. The van der Waals surface area contributed by atoms with Crippen LogP contribution in [0.2, 0.25) is 0 Å². The molecule has 2 aromatic rings. The first-order valence-corrected chi connectivity index (χ1v) is 10.6. The number of rotatable bonds is 9. The number of nitrogens with zero attached hydrogens (tertiary/aromatic N) is 1. The highest BCUT2D eigenvalue weighted by Gasteiger charge is 2.07. The Hall–Kier alpha value is -2.32. The molecule has 0 saturated carbocycles. The molecule has 0 saturated heterocycles. The Morgan fingerprint density at radius 2 is 1.85 bits per heavy atom. The van der Waals surface area contributed by atoms with Gasteiger partial charge in [0.15, 0.2) is 5.96 Å². The van der Waals surface area contributed by atoms with Crippen molar-refractivity contribution in [2.75, 3.05) is 13.1 Å². The topological polar surface area (TPSA) is 110 Å². The van der Waals surface area contributed by atoms with Crippen molar-refractivity contribution in [3.63, 3.8) is 0 Å². The molecule has 7 nitrogen and oxygen atoms in total. The lowest BCUT2D eigenvalue weighted by Crippen LogP contribution is -2.39. The van der Waals surface area contributed by atoms with Gasteiger partial charge in [0.1, 0.15) is 5.76 Å². The van der Waals surface area contributed by atoms with E-state index in [-0.39, 0.29) is 4.90 Å². The van der Waals surface area contributed by atoms with Gasteiger partial charge in [-0.15, -0.1) is 0 Å². The second kappa shape index (κ2) is 10.1. The van der Waals surface area contributed by atoms with Crippen molar-refractivity contribution in [1.82, 2.24) is 10.6 Å². The number of benzene rings is 1. The number of primary sulfonamides is 1. The third-order valence-electron chi connectivity index (χ3n) is 3.93. The summed E-state index contributed by atoms with van der Waals surface area (Å²) in [5.74, 6) is 2.24. The maximum absolute atomic E-state index is 11.3. The minimum Gasteiger partial charge on any atom is -0.469 e. The fourth-order valence-corrected chi connectivity index (χ4v) is 2.88. The molecule has 2 rings (SSSR count). The first-order chi connectivity index (χ1) is 12.8. The smallest absolute Gasteiger partial charge is 0.238 e. The van der Waals surface area contributed by atoms with Gasteiger partial charge in [0.05, 0.1) is 17.7 Å². The number of hydrogen-bond donors (Lipinski definition) is 3. The summed E-state index contributed by atoms with van der Waals surface area (Å²) in [6.45, 7) is 6.31. The van der Waals surface area contributed by atoms with E-state index >= 15 is 0 Å². The van der Waals surface area contributed by atoms with E-state index < -0.39 is 10.0 Å². The van der Waals surface area contributed by atoms with Gasteiger partial charge in [-0.1, -0.05) is 26.0 Å². The molecule has 0 amide bonds. The van der Waals surface area contributed by atoms with Crippen molar-refractivity contribution in [2.45, 2.75) is 38.1 Å². The van der Waals surface area contributed by atoms with Crippen LogP contribution in [-0.4, -0.2) is 27.5 Å². The third kappa shape index (κ3) is 7.84. The lowest BCUT2D eigenvalue weighted by Gasteiger charge is -2.13. The summed E-state index contributed by atoms with van der Waals surface area (Å²) >= 11 is 0. The maximum atomic E-state index is 11.3. The van der Waals surface area contributed by atoms with E-state index in [0.717, 1.165) is 36.7 Å². The van der Waals surface area contributed by atoms with Crippen molar-refractivity contribution < 1.29 is 12.8 Å². The largest absolute Gasteiger partial charge is 0.469 e. The Morgan fingerprint density at radius 3 is 2.44 bits per heavy atom. The van der Waals surface area contributed by atoms with Crippen LogP contribution in [0.4, 0.5) is 0 Å². The van der Waals surface area contributed by atoms with Crippen LogP contribution < -0.4 is 15.8 Å². The van der Waals surface area contributed by atoms with Gasteiger partial charge in [0.25, 0.3) is 0 Å². The van der Waals surface area contributed by atoms with E-state index in [2.05, 4.69) is 29.5 Å². The number of nitrogens with one attached hydrogen (secondary N) is 2. The Labute approximate surface area is 161 Å². The third-order valence-corrected chi connectivity index (χ3v) is 4.86. The normalized spacial score (nSPS) is 12.4. The summed E-state index contributed by atoms with van der Waals surface area (Å²) in [7, 11) is -3.67. The predicted octanol–water partition coefficient (Wildman–Crippen LogP) is 2.25. The molecule has 0 aliphatic carbocycles. The molecule has 1 heterocycles. The molecular weight excluding hydrogens is 364 g/mol. The van der Waals surface area contributed by atoms with Gasteiger partial charge in [-0.3, -0.25) is 0 Å². The summed E-state index contributed by atoms with van der Waals surface area (Å²) in [5, 5.41) is 11.8. The molecule has 0 atom stereocenters. The van der Waals surface area contributed by atoms with Crippen LogP contribution in [0.25, 0.3) is 0 Å². The Morgan fingerprint density at radius 1 is 1.15 bits per heavy atom. The maximum Gasteiger partial charge on any atom is 0.238 e. The number of aliphatic imine (C=N–C) groups is 1. The van der Waals surface area contributed by atoms with E-state index in [1.807, 2.05) is 12.1 Å². The summed E-state index contributed by atoms with van der Waals surface area (Å²) in [5.41, 5.74) is 0.901. The molecule has 1 aromatic heterocycles. The first kappa shape index (κ1) is 21.0. The van der Waals surface area contributed by atoms with Gasteiger partial charge in [0, 0.05) is 19.5 Å². The monoisotopic (exact) mass is 392 g/mol. The van der Waals surface area contributed by atoms with Gasteiger partial charge >= 0.3 is 0 Å². The molecule has 0 fully saturated rings. The standard InChI is InChI=1S/C19H28N4O3S/c1-15(2)9-11-21-19(22-12-10-17-4-3-13-26-17)23-14-16-5-7-18(8-6-16)27(20,24)25/h3-8,13,15H,9-12,14H2,1-2H3,(H2,20,24,25)(H2,21,22,23). The fraction of sp³-hybridized carbons (Fsp3) is 0.421. The second-order valence-corrected chi connectivity index (χ2v) is 8.28. The van der Waals surface area contributed by atoms with Gasteiger partial charge in [-0.2, -0.15) is 0 Å². The van der Waals surface area contributed by atoms with Gasteiger partial charge in [-0.25, -0.2) is 18.5 Å². The van der Waals surface area contributed by atoms with Crippen LogP contribution in [0.3, 0.4) is 0 Å². The molecule has 0 aliphatic heterocycles. The minimum atomic E-state index is -3.67. The van der Waals surface area contributed by atoms with Crippen LogP contribution in [0.15, 0.2) is 57.0 Å². The van der Waals surface area contributed by atoms with Crippen molar-refractivity contribution in [3.05, 3.63) is 54.0 Å². The van der Waals surface area contributed by atoms with Crippen molar-refractivity contribution in [1.29, 1.82) is 0 Å². The number of furan rings is 1. The molecule has 8 heteroatoms. The van der Waals surface area contributed by atoms with Crippen LogP contribution in [0.5, 0.6) is 0 Å². The van der Waals surface area contributed by atoms with Crippen molar-refractivity contribution >= 4 is 16.0 Å². The molecule has 0 spiro atoms. The summed E-state index contributed by atoms with van der Waals surface area (Å²) in [4.78, 5) is 4.68. The number of nitrogens with two attached hydrogens (primary N) is 1. The van der Waals surface area contributed by atoms with Gasteiger partial charge in [0.2, 0.25) is 10.0 Å². The highest BCUT2D eigenvalue weighted by molar-refractivity contribution is 7.89. The zero-order chi connectivity index (χ0) is 19.7. The predicted molar refractivity (Wildman–Crippen MR) is 107 cm³/mol. The van der Waals surface area contributed by atoms with E-state index in [1.54, 1.807) is 18.4 Å². The molecule has 4 N–H and O–H groups in total. The summed E-state index contributed by atoms with van der Waals surface area (Å²) in [6.07, 6.45) is 3.47. The molecule has 0 radical (unpaired) electrons. The van der Waals surface area contributed by atoms with Crippen LogP contribution in [0.1, 0.15) is 31.6 Å². The number of sulfonamides is 1. The van der Waals surface area contributed by atoms with Crippen molar-refractivity contribution in [3.8, 4) is 0 Å².